The van der Waals surface area contributed by atoms with Gasteiger partial charge in [0, 0.05) is 24.7 Å². The maximum Gasteiger partial charge on any atom is 0.286 e. The van der Waals surface area contributed by atoms with Crippen LogP contribution >= 0.6 is 35.0 Å². The van der Waals surface area contributed by atoms with Gasteiger partial charge in [0.15, 0.2) is 5.17 Å². The first-order valence-electron chi connectivity index (χ1n) is 8.01. The Kier molecular flexibility index (Phi) is 5.09. The Morgan fingerprint density at radius 1 is 1.15 bits per heavy atom. The SMILES string of the molecule is O=C1N=C(N2CCOCC2)SC1=Cc1ccc(-c2cccc(Cl)c2Cl)o1. The van der Waals surface area contributed by atoms with E-state index in [-0.39, 0.29) is 5.91 Å². The molecule has 4 rings (SSSR count). The molecule has 1 aromatic heterocycles. The summed E-state index contributed by atoms with van der Waals surface area (Å²) in [7, 11) is 0. The Bertz CT molecular complexity index is 917. The number of amides is 1. The molecular weight excluding hydrogens is 395 g/mol. The van der Waals surface area contributed by atoms with Crippen LogP contribution in [0.25, 0.3) is 17.4 Å². The second kappa shape index (κ2) is 7.48. The molecule has 0 unspecified atom stereocenters. The van der Waals surface area contributed by atoms with Crippen LogP contribution in [0.1, 0.15) is 5.76 Å². The topological polar surface area (TPSA) is 55.0 Å². The van der Waals surface area contributed by atoms with Crippen LogP contribution in [0, 0.1) is 0 Å². The predicted octanol–water partition coefficient (Wildman–Crippen LogP) is 4.56. The molecule has 0 radical (unpaired) electrons. The van der Waals surface area contributed by atoms with Gasteiger partial charge >= 0.3 is 0 Å². The average Bonchev–Trinajstić information content (AvgIpc) is 3.26. The Morgan fingerprint density at radius 2 is 1.96 bits per heavy atom. The van der Waals surface area contributed by atoms with E-state index in [2.05, 4.69) is 9.89 Å². The first-order chi connectivity index (χ1) is 12.6. The Morgan fingerprint density at radius 3 is 2.77 bits per heavy atom. The number of benzene rings is 1. The highest BCUT2D eigenvalue weighted by Gasteiger charge is 2.27. The van der Waals surface area contributed by atoms with Gasteiger partial charge in [-0.15, -0.1) is 0 Å². The van der Waals surface area contributed by atoms with E-state index in [1.807, 2.05) is 12.1 Å². The molecule has 0 spiro atoms. The van der Waals surface area contributed by atoms with Crippen LogP contribution in [0.4, 0.5) is 0 Å². The fraction of sp³-hybridized carbons (Fsp3) is 0.222. The standard InChI is InChI=1S/C18H14Cl2N2O3S/c19-13-3-1-2-12(16(13)20)14-5-4-11(25-14)10-15-17(23)21-18(26-15)22-6-8-24-9-7-22/h1-5,10H,6-9H2. The number of carbonyl (C=O) groups is 1. The maximum atomic E-state index is 12.2. The van der Waals surface area contributed by atoms with Crippen molar-refractivity contribution in [3.63, 3.8) is 0 Å². The fourth-order valence-corrected chi connectivity index (χ4v) is 4.02. The van der Waals surface area contributed by atoms with Crippen molar-refractivity contribution in [3.05, 3.63) is 51.0 Å². The van der Waals surface area contributed by atoms with E-state index in [4.69, 9.17) is 32.4 Å². The third kappa shape index (κ3) is 3.55. The average molecular weight is 409 g/mol. The van der Waals surface area contributed by atoms with Gasteiger partial charge in [-0.1, -0.05) is 29.3 Å². The van der Waals surface area contributed by atoms with Gasteiger partial charge in [-0.25, -0.2) is 0 Å². The van der Waals surface area contributed by atoms with Crippen molar-refractivity contribution in [2.45, 2.75) is 0 Å². The van der Waals surface area contributed by atoms with Gasteiger partial charge in [-0.05, 0) is 36.0 Å². The number of halogens is 2. The molecule has 0 N–H and O–H groups in total. The number of hydrogen-bond acceptors (Lipinski definition) is 5. The summed E-state index contributed by atoms with van der Waals surface area (Å²) in [5.74, 6) is 0.898. The maximum absolute atomic E-state index is 12.2. The molecule has 5 nitrogen and oxygen atoms in total. The molecule has 0 bridgehead atoms. The summed E-state index contributed by atoms with van der Waals surface area (Å²) < 4.78 is 11.2. The molecule has 3 heterocycles. The molecule has 2 aromatic rings. The summed E-state index contributed by atoms with van der Waals surface area (Å²) in [4.78, 5) is 18.9. The zero-order valence-electron chi connectivity index (χ0n) is 13.6. The quantitative estimate of drug-likeness (QED) is 0.681. The predicted molar refractivity (Wildman–Crippen MR) is 105 cm³/mol. The summed E-state index contributed by atoms with van der Waals surface area (Å²) in [6.45, 7) is 2.78. The van der Waals surface area contributed by atoms with Crippen molar-refractivity contribution in [3.8, 4) is 11.3 Å². The minimum atomic E-state index is -0.254. The normalized spacial score (nSPS) is 19.3. The Balaban J connectivity index is 1.54. The molecule has 1 amide bonds. The van der Waals surface area contributed by atoms with E-state index in [9.17, 15) is 4.79 Å². The highest BCUT2D eigenvalue weighted by Crippen LogP contribution is 2.36. The van der Waals surface area contributed by atoms with Crippen molar-refractivity contribution in [2.75, 3.05) is 26.3 Å². The van der Waals surface area contributed by atoms with Gasteiger partial charge in [0.05, 0.1) is 28.2 Å². The highest BCUT2D eigenvalue weighted by atomic mass is 35.5. The Labute approximate surface area is 164 Å². The summed E-state index contributed by atoms with van der Waals surface area (Å²) >= 11 is 13.6. The number of thioether (sulfide) groups is 1. The van der Waals surface area contributed by atoms with Crippen molar-refractivity contribution in [2.24, 2.45) is 4.99 Å². The molecule has 8 heteroatoms. The van der Waals surface area contributed by atoms with Crippen LogP contribution < -0.4 is 0 Å². The lowest BCUT2D eigenvalue weighted by molar-refractivity contribution is -0.113. The summed E-state index contributed by atoms with van der Waals surface area (Å²) in [6, 6.07) is 8.96. The number of carbonyl (C=O) groups excluding carboxylic acids is 1. The number of furan rings is 1. The zero-order valence-corrected chi connectivity index (χ0v) is 15.9. The van der Waals surface area contributed by atoms with Gasteiger partial charge in [-0.2, -0.15) is 4.99 Å². The number of morpholine rings is 1. The molecule has 2 aliphatic rings. The lowest BCUT2D eigenvalue weighted by atomic mass is 10.2. The van der Waals surface area contributed by atoms with Crippen molar-refractivity contribution >= 4 is 52.1 Å². The molecule has 134 valence electrons. The van der Waals surface area contributed by atoms with E-state index < -0.39 is 0 Å². The largest absolute Gasteiger partial charge is 0.457 e. The van der Waals surface area contributed by atoms with Crippen molar-refractivity contribution < 1.29 is 13.9 Å². The fourth-order valence-electron chi connectivity index (χ4n) is 2.69. The van der Waals surface area contributed by atoms with Crippen molar-refractivity contribution in [1.29, 1.82) is 0 Å². The molecule has 26 heavy (non-hydrogen) atoms. The minimum Gasteiger partial charge on any atom is -0.457 e. The second-order valence-electron chi connectivity index (χ2n) is 5.71. The number of rotatable bonds is 2. The molecule has 0 atom stereocenters. The van der Waals surface area contributed by atoms with Crippen LogP contribution in [0.15, 0.2) is 44.6 Å². The Hall–Kier alpha value is -1.73. The smallest absolute Gasteiger partial charge is 0.286 e. The third-order valence-corrected chi connectivity index (χ3v) is 5.87. The first kappa shape index (κ1) is 17.7. The summed E-state index contributed by atoms with van der Waals surface area (Å²) in [6.07, 6.45) is 1.70. The van der Waals surface area contributed by atoms with E-state index >= 15 is 0 Å². The third-order valence-electron chi connectivity index (χ3n) is 4.01. The highest BCUT2D eigenvalue weighted by molar-refractivity contribution is 8.18. The number of hydrogen-bond donors (Lipinski definition) is 0. The van der Waals surface area contributed by atoms with Crippen LogP contribution in [0.5, 0.6) is 0 Å². The van der Waals surface area contributed by atoms with Crippen LogP contribution in [-0.2, 0) is 9.53 Å². The van der Waals surface area contributed by atoms with E-state index in [1.165, 1.54) is 11.8 Å². The number of amidine groups is 1. The molecule has 1 aromatic carbocycles. The van der Waals surface area contributed by atoms with Gasteiger partial charge < -0.3 is 14.1 Å². The molecule has 1 fully saturated rings. The number of nitrogens with zero attached hydrogens (tertiary/aromatic N) is 2. The molecular formula is C18H14Cl2N2O3S. The summed E-state index contributed by atoms with van der Waals surface area (Å²) in [5.41, 5.74) is 0.708. The monoisotopic (exact) mass is 408 g/mol. The second-order valence-corrected chi connectivity index (χ2v) is 7.51. The first-order valence-corrected chi connectivity index (χ1v) is 9.58. The minimum absolute atomic E-state index is 0.254. The van der Waals surface area contributed by atoms with Gasteiger partial charge in [0.25, 0.3) is 5.91 Å². The molecule has 2 aliphatic heterocycles. The zero-order chi connectivity index (χ0) is 18.1. The van der Waals surface area contributed by atoms with E-state index in [0.29, 0.717) is 50.4 Å². The number of aliphatic imine (C=N–C) groups is 1. The van der Waals surface area contributed by atoms with E-state index in [1.54, 1.807) is 24.3 Å². The number of ether oxygens (including phenoxy) is 1. The lowest BCUT2D eigenvalue weighted by Crippen LogP contribution is -2.38. The molecule has 0 saturated carbocycles. The van der Waals surface area contributed by atoms with Gasteiger partial charge in [0.1, 0.15) is 11.5 Å². The summed E-state index contributed by atoms with van der Waals surface area (Å²) in [5, 5.41) is 1.62. The van der Waals surface area contributed by atoms with Crippen LogP contribution in [0.2, 0.25) is 10.0 Å². The van der Waals surface area contributed by atoms with Gasteiger partial charge in [0.2, 0.25) is 0 Å². The molecule has 0 aliphatic carbocycles. The molecule has 1 saturated heterocycles. The van der Waals surface area contributed by atoms with E-state index in [0.717, 1.165) is 13.1 Å². The van der Waals surface area contributed by atoms with Crippen molar-refractivity contribution in [1.82, 2.24) is 4.90 Å². The van der Waals surface area contributed by atoms with Crippen LogP contribution in [-0.4, -0.2) is 42.3 Å². The van der Waals surface area contributed by atoms with Crippen LogP contribution in [0.3, 0.4) is 0 Å². The van der Waals surface area contributed by atoms with Gasteiger partial charge in [-0.3, -0.25) is 4.79 Å². The lowest BCUT2D eigenvalue weighted by Gasteiger charge is -2.27.